The summed E-state index contributed by atoms with van der Waals surface area (Å²) in [6.45, 7) is 5.85. The minimum atomic E-state index is 0.244. The van der Waals surface area contributed by atoms with E-state index in [1.54, 1.807) is 0 Å². The third-order valence-corrected chi connectivity index (χ3v) is 3.63. The molecule has 0 saturated heterocycles. The molecule has 0 radical (unpaired) electrons. The first-order valence-corrected chi connectivity index (χ1v) is 6.61. The summed E-state index contributed by atoms with van der Waals surface area (Å²) in [5.74, 6) is 1.09. The van der Waals surface area contributed by atoms with Crippen LogP contribution in [0.1, 0.15) is 46.0 Å². The Morgan fingerprint density at radius 2 is 1.94 bits per heavy atom. The third kappa shape index (κ3) is 4.12. The molecule has 16 heavy (non-hydrogen) atoms. The van der Waals surface area contributed by atoms with Crippen LogP contribution in [0.15, 0.2) is 0 Å². The van der Waals surface area contributed by atoms with Gasteiger partial charge in [-0.1, -0.05) is 13.8 Å². The number of amides is 1. The zero-order chi connectivity index (χ0) is 12.0. The van der Waals surface area contributed by atoms with Gasteiger partial charge < -0.3 is 10.2 Å². The van der Waals surface area contributed by atoms with Gasteiger partial charge in [0, 0.05) is 13.1 Å². The van der Waals surface area contributed by atoms with Gasteiger partial charge in [-0.15, -0.1) is 0 Å². The van der Waals surface area contributed by atoms with E-state index in [0.717, 1.165) is 18.9 Å². The number of nitrogens with one attached hydrogen (secondary N) is 1. The van der Waals surface area contributed by atoms with Gasteiger partial charge in [-0.05, 0) is 44.6 Å². The van der Waals surface area contributed by atoms with Gasteiger partial charge in [0.2, 0.25) is 5.91 Å². The van der Waals surface area contributed by atoms with Crippen LogP contribution in [0.4, 0.5) is 0 Å². The monoisotopic (exact) mass is 226 g/mol. The van der Waals surface area contributed by atoms with Gasteiger partial charge >= 0.3 is 0 Å². The van der Waals surface area contributed by atoms with Crippen molar-refractivity contribution in [3.8, 4) is 0 Å². The Morgan fingerprint density at radius 3 is 2.50 bits per heavy atom. The highest BCUT2D eigenvalue weighted by Gasteiger charge is 2.24. The highest BCUT2D eigenvalue weighted by atomic mass is 16.2. The number of rotatable bonds is 5. The molecule has 0 aromatic carbocycles. The van der Waals surface area contributed by atoms with Crippen LogP contribution in [0.2, 0.25) is 0 Å². The zero-order valence-electron chi connectivity index (χ0n) is 11.0. The van der Waals surface area contributed by atoms with Crippen LogP contribution in [0, 0.1) is 5.92 Å². The molecule has 3 heteroatoms. The van der Waals surface area contributed by atoms with E-state index in [-0.39, 0.29) is 5.91 Å². The van der Waals surface area contributed by atoms with Gasteiger partial charge in [-0.2, -0.15) is 0 Å². The molecule has 0 atom stereocenters. The van der Waals surface area contributed by atoms with Crippen molar-refractivity contribution >= 4 is 5.91 Å². The number of likely N-dealkylation sites (N-methyl/N-ethyl adjacent to an activating group) is 1. The number of carbonyl (C=O) groups is 1. The summed E-state index contributed by atoms with van der Waals surface area (Å²) in [5, 5.41) is 3.17. The van der Waals surface area contributed by atoms with Crippen LogP contribution < -0.4 is 5.32 Å². The number of carbonyl (C=O) groups excluding carboxylic acids is 1. The van der Waals surface area contributed by atoms with Crippen molar-refractivity contribution in [2.45, 2.75) is 52.0 Å². The van der Waals surface area contributed by atoms with Gasteiger partial charge in [0.1, 0.15) is 0 Å². The van der Waals surface area contributed by atoms with Crippen LogP contribution in [0.5, 0.6) is 0 Å². The van der Waals surface area contributed by atoms with Crippen molar-refractivity contribution in [1.29, 1.82) is 0 Å². The summed E-state index contributed by atoms with van der Waals surface area (Å²) in [6.07, 6.45) is 5.97. The first-order valence-electron chi connectivity index (χ1n) is 6.61. The first kappa shape index (κ1) is 13.5. The molecule has 0 bridgehead atoms. The average Bonchev–Trinajstić information content (AvgIpc) is 2.29. The summed E-state index contributed by atoms with van der Waals surface area (Å²) in [7, 11) is 1.95. The van der Waals surface area contributed by atoms with Crippen molar-refractivity contribution < 1.29 is 4.79 Å². The third-order valence-electron chi connectivity index (χ3n) is 3.63. The molecule has 0 aromatic heterocycles. The van der Waals surface area contributed by atoms with Gasteiger partial charge in [0.25, 0.3) is 0 Å². The number of hydrogen-bond acceptors (Lipinski definition) is 2. The van der Waals surface area contributed by atoms with Crippen molar-refractivity contribution in [2.75, 3.05) is 20.1 Å². The lowest BCUT2D eigenvalue weighted by molar-refractivity contribution is -0.131. The quantitative estimate of drug-likeness (QED) is 0.727. The Labute approximate surface area is 99.6 Å². The maximum atomic E-state index is 11.9. The van der Waals surface area contributed by atoms with E-state index in [0.29, 0.717) is 12.6 Å². The maximum absolute atomic E-state index is 11.9. The molecular formula is C13H26N2O. The zero-order valence-corrected chi connectivity index (χ0v) is 11.0. The molecule has 0 aliphatic heterocycles. The minimum Gasteiger partial charge on any atom is -0.342 e. The largest absolute Gasteiger partial charge is 0.342 e. The summed E-state index contributed by atoms with van der Waals surface area (Å²) in [6, 6.07) is 0.479. The molecule has 94 valence electrons. The van der Waals surface area contributed by atoms with Crippen molar-refractivity contribution in [1.82, 2.24) is 10.2 Å². The molecule has 1 fully saturated rings. The van der Waals surface area contributed by atoms with Crippen LogP contribution in [0.25, 0.3) is 0 Å². The molecule has 1 amide bonds. The lowest BCUT2D eigenvalue weighted by Crippen LogP contribution is -2.43. The molecule has 1 rings (SSSR count). The van der Waals surface area contributed by atoms with E-state index < -0.39 is 0 Å². The Morgan fingerprint density at radius 1 is 1.31 bits per heavy atom. The van der Waals surface area contributed by atoms with E-state index in [2.05, 4.69) is 19.2 Å². The second kappa shape index (κ2) is 6.89. The Kier molecular flexibility index (Phi) is 5.81. The second-order valence-corrected chi connectivity index (χ2v) is 5.10. The van der Waals surface area contributed by atoms with Crippen LogP contribution in [-0.2, 0) is 4.79 Å². The van der Waals surface area contributed by atoms with Crippen molar-refractivity contribution in [2.24, 2.45) is 5.92 Å². The van der Waals surface area contributed by atoms with Crippen LogP contribution >= 0.6 is 0 Å². The lowest BCUT2D eigenvalue weighted by atomic mass is 9.87. The highest BCUT2D eigenvalue weighted by Crippen LogP contribution is 2.26. The summed E-state index contributed by atoms with van der Waals surface area (Å²) >= 11 is 0. The van der Waals surface area contributed by atoms with Gasteiger partial charge in [0.15, 0.2) is 0 Å². The molecule has 0 heterocycles. The fourth-order valence-electron chi connectivity index (χ4n) is 2.33. The average molecular weight is 226 g/mol. The lowest BCUT2D eigenvalue weighted by Gasteiger charge is -2.33. The van der Waals surface area contributed by atoms with Gasteiger partial charge in [0.05, 0.1) is 6.54 Å². The van der Waals surface area contributed by atoms with E-state index in [1.807, 2.05) is 11.9 Å². The van der Waals surface area contributed by atoms with E-state index in [9.17, 15) is 4.79 Å². The molecule has 0 spiro atoms. The fraction of sp³-hybridized carbons (Fsp3) is 0.923. The van der Waals surface area contributed by atoms with E-state index in [4.69, 9.17) is 0 Å². The standard InChI is InChI=1S/C13H26N2O/c1-4-9-14-10-13(16)15(3)12-7-5-11(2)6-8-12/h11-12,14H,4-10H2,1-3H3. The Bertz CT molecular complexity index is 210. The molecule has 3 nitrogen and oxygen atoms in total. The molecular weight excluding hydrogens is 200 g/mol. The molecule has 1 saturated carbocycles. The number of hydrogen-bond donors (Lipinski definition) is 1. The summed E-state index contributed by atoms with van der Waals surface area (Å²) in [4.78, 5) is 13.8. The SMILES string of the molecule is CCCNCC(=O)N(C)C1CCC(C)CC1. The predicted octanol–water partition coefficient (Wildman–Crippen LogP) is 2.02. The molecule has 1 aliphatic rings. The molecule has 1 aliphatic carbocycles. The fourth-order valence-corrected chi connectivity index (χ4v) is 2.33. The smallest absolute Gasteiger partial charge is 0.236 e. The first-order chi connectivity index (χ1) is 7.65. The normalized spacial score (nSPS) is 25.4. The summed E-state index contributed by atoms with van der Waals surface area (Å²) in [5.41, 5.74) is 0. The Balaban J connectivity index is 2.27. The molecule has 1 N–H and O–H groups in total. The van der Waals surface area contributed by atoms with Crippen molar-refractivity contribution in [3.63, 3.8) is 0 Å². The van der Waals surface area contributed by atoms with E-state index >= 15 is 0 Å². The van der Waals surface area contributed by atoms with Gasteiger partial charge in [-0.3, -0.25) is 4.79 Å². The molecule has 0 unspecified atom stereocenters. The van der Waals surface area contributed by atoms with Crippen molar-refractivity contribution in [3.05, 3.63) is 0 Å². The topological polar surface area (TPSA) is 32.3 Å². The Hall–Kier alpha value is -0.570. The highest BCUT2D eigenvalue weighted by molar-refractivity contribution is 5.78. The van der Waals surface area contributed by atoms with Gasteiger partial charge in [-0.25, -0.2) is 0 Å². The maximum Gasteiger partial charge on any atom is 0.236 e. The summed E-state index contributed by atoms with van der Waals surface area (Å²) < 4.78 is 0. The predicted molar refractivity (Wildman–Crippen MR) is 67.4 cm³/mol. The second-order valence-electron chi connectivity index (χ2n) is 5.10. The van der Waals surface area contributed by atoms with Crippen LogP contribution in [0.3, 0.4) is 0 Å². The van der Waals surface area contributed by atoms with E-state index in [1.165, 1.54) is 25.7 Å². The molecule has 0 aromatic rings. The number of nitrogens with zero attached hydrogens (tertiary/aromatic N) is 1. The van der Waals surface area contributed by atoms with Crippen LogP contribution in [-0.4, -0.2) is 37.0 Å². The minimum absolute atomic E-state index is 0.244.